The maximum absolute atomic E-state index is 13.1. The molecule has 0 radical (unpaired) electrons. The molecule has 9 nitrogen and oxygen atoms in total. The third-order valence-electron chi connectivity index (χ3n) is 5.67. The van der Waals surface area contributed by atoms with Crippen LogP contribution in [0.15, 0.2) is 69.2 Å². The third-order valence-corrected chi connectivity index (χ3v) is 6.66. The first-order valence-corrected chi connectivity index (χ1v) is 10.9. The fourth-order valence-corrected chi connectivity index (χ4v) is 4.85. The minimum atomic E-state index is -0.502. The molecule has 0 saturated heterocycles. The third kappa shape index (κ3) is 3.23. The Kier molecular flexibility index (Phi) is 4.86. The van der Waals surface area contributed by atoms with Crippen molar-refractivity contribution in [3.05, 3.63) is 95.8 Å². The molecule has 0 aliphatic carbocycles. The molecule has 33 heavy (non-hydrogen) atoms. The number of benzene rings is 2. The van der Waals surface area contributed by atoms with Crippen molar-refractivity contribution in [3.8, 4) is 11.6 Å². The van der Waals surface area contributed by atoms with Crippen LogP contribution in [0.2, 0.25) is 0 Å². The number of hydrogen-bond acceptors (Lipinski definition) is 6. The van der Waals surface area contributed by atoms with Crippen molar-refractivity contribution in [1.82, 2.24) is 13.9 Å². The molecule has 0 atom stereocenters. The Morgan fingerprint density at radius 3 is 2.48 bits per heavy atom. The summed E-state index contributed by atoms with van der Waals surface area (Å²) in [7, 11) is 1.77. The zero-order valence-electron chi connectivity index (χ0n) is 17.8. The zero-order valence-corrected chi connectivity index (χ0v) is 18.6. The summed E-state index contributed by atoms with van der Waals surface area (Å²) in [5, 5.41) is 14.9. The molecule has 2 aromatic carbocycles. The summed E-state index contributed by atoms with van der Waals surface area (Å²) in [6.07, 6.45) is 0. The molecule has 0 bridgehead atoms. The van der Waals surface area contributed by atoms with Gasteiger partial charge in [0.25, 0.3) is 11.5 Å². The molecular formula is C23H19N5O4S. The molecule has 0 unspecified atom stereocenters. The zero-order chi connectivity index (χ0) is 23.3. The Balaban J connectivity index is 1.52. The number of fused-ring (bicyclic) bond motifs is 1. The molecule has 4 aromatic rings. The SMILES string of the molecule is Cc1c(NCn2c(O)c(C3=c4ccccc4=NC3=O)sc2=O)c(=O)n(-c2ccccc2)n1C. The van der Waals surface area contributed by atoms with Crippen LogP contribution in [0.25, 0.3) is 11.3 Å². The maximum Gasteiger partial charge on any atom is 0.312 e. The first-order chi connectivity index (χ1) is 15.9. The minimum Gasteiger partial charge on any atom is -0.493 e. The molecule has 2 aromatic heterocycles. The second-order valence-corrected chi connectivity index (χ2v) is 8.49. The molecule has 0 saturated carbocycles. The number of amides is 1. The van der Waals surface area contributed by atoms with Crippen LogP contribution in [0.5, 0.6) is 5.88 Å². The predicted octanol–water partition coefficient (Wildman–Crippen LogP) is 0.842. The van der Waals surface area contributed by atoms with E-state index in [1.165, 1.54) is 4.68 Å². The van der Waals surface area contributed by atoms with E-state index >= 15 is 0 Å². The number of aromatic nitrogens is 3. The number of carbonyl (C=O) groups excluding carboxylic acids is 1. The van der Waals surface area contributed by atoms with Gasteiger partial charge in [0.1, 0.15) is 10.6 Å². The highest BCUT2D eigenvalue weighted by atomic mass is 32.1. The molecule has 5 rings (SSSR count). The number of para-hydroxylation sites is 2. The van der Waals surface area contributed by atoms with Gasteiger partial charge >= 0.3 is 4.87 Å². The lowest BCUT2D eigenvalue weighted by Crippen LogP contribution is -2.23. The number of aromatic hydroxyl groups is 1. The Hall–Kier alpha value is -4.18. The van der Waals surface area contributed by atoms with Gasteiger partial charge in [-0.2, -0.15) is 0 Å². The van der Waals surface area contributed by atoms with E-state index in [-0.39, 0.29) is 28.6 Å². The molecular weight excluding hydrogens is 442 g/mol. The lowest BCUT2D eigenvalue weighted by molar-refractivity contribution is -0.112. The molecule has 2 N–H and O–H groups in total. The summed E-state index contributed by atoms with van der Waals surface area (Å²) >= 11 is 0.765. The number of hydrogen-bond donors (Lipinski definition) is 2. The Morgan fingerprint density at radius 2 is 1.73 bits per heavy atom. The van der Waals surface area contributed by atoms with E-state index in [0.717, 1.165) is 15.9 Å². The van der Waals surface area contributed by atoms with E-state index < -0.39 is 10.8 Å². The van der Waals surface area contributed by atoms with Gasteiger partial charge in [0.05, 0.1) is 29.0 Å². The van der Waals surface area contributed by atoms with Crippen molar-refractivity contribution >= 4 is 28.5 Å². The van der Waals surface area contributed by atoms with E-state index in [2.05, 4.69) is 10.3 Å². The summed E-state index contributed by atoms with van der Waals surface area (Å²) in [4.78, 5) is 41.9. The van der Waals surface area contributed by atoms with Crippen LogP contribution in [0.3, 0.4) is 0 Å². The first kappa shape index (κ1) is 20.7. The van der Waals surface area contributed by atoms with Crippen molar-refractivity contribution < 1.29 is 9.90 Å². The lowest BCUT2D eigenvalue weighted by Gasteiger charge is -2.07. The summed E-state index contributed by atoms with van der Waals surface area (Å²) < 4.78 is 4.33. The van der Waals surface area contributed by atoms with Crippen molar-refractivity contribution in [3.63, 3.8) is 0 Å². The number of nitrogens with zero attached hydrogens (tertiary/aromatic N) is 4. The predicted molar refractivity (Wildman–Crippen MR) is 124 cm³/mol. The number of thiazole rings is 1. The lowest BCUT2D eigenvalue weighted by atomic mass is 10.1. The standard InChI is InChI=1S/C23H19N5O4S/c1-13-18(21(30)28(26(13)2)14-8-4-3-5-9-14)24-12-27-22(31)19(33-23(27)32)17-15-10-6-7-11-16(15)25-20(17)29/h3-11,24,31H,12H2,1-2H3. The monoisotopic (exact) mass is 461 g/mol. The molecule has 1 amide bonds. The van der Waals surface area contributed by atoms with E-state index in [1.54, 1.807) is 42.9 Å². The molecule has 0 fully saturated rings. The number of nitrogens with one attached hydrogen (secondary N) is 1. The van der Waals surface area contributed by atoms with E-state index in [1.807, 2.05) is 30.3 Å². The van der Waals surface area contributed by atoms with Crippen molar-refractivity contribution in [2.75, 3.05) is 5.32 Å². The van der Waals surface area contributed by atoms with Crippen LogP contribution in [-0.2, 0) is 18.5 Å². The number of carbonyl (C=O) groups is 1. The fraction of sp³-hybridized carbons (Fsp3) is 0.130. The van der Waals surface area contributed by atoms with Crippen molar-refractivity contribution in [2.45, 2.75) is 13.6 Å². The van der Waals surface area contributed by atoms with Gasteiger partial charge in [0.2, 0.25) is 5.88 Å². The van der Waals surface area contributed by atoms with Gasteiger partial charge in [0.15, 0.2) is 0 Å². The summed E-state index contributed by atoms with van der Waals surface area (Å²) in [6, 6.07) is 16.2. The van der Waals surface area contributed by atoms with Crippen LogP contribution >= 0.6 is 11.3 Å². The summed E-state index contributed by atoms with van der Waals surface area (Å²) in [5.74, 6) is -0.845. The van der Waals surface area contributed by atoms with Gasteiger partial charge in [-0.1, -0.05) is 47.7 Å². The normalized spacial score (nSPS) is 12.7. The van der Waals surface area contributed by atoms with E-state index in [9.17, 15) is 19.5 Å². The molecule has 1 aliphatic rings. The smallest absolute Gasteiger partial charge is 0.312 e. The second kappa shape index (κ2) is 7.75. The first-order valence-electron chi connectivity index (χ1n) is 10.1. The quantitative estimate of drug-likeness (QED) is 0.458. The maximum atomic E-state index is 13.1. The Labute approximate surface area is 190 Å². The van der Waals surface area contributed by atoms with E-state index in [0.29, 0.717) is 27.6 Å². The van der Waals surface area contributed by atoms with Crippen LogP contribution in [0.1, 0.15) is 10.6 Å². The van der Waals surface area contributed by atoms with Gasteiger partial charge in [0, 0.05) is 12.3 Å². The Morgan fingerprint density at radius 1 is 1.03 bits per heavy atom. The van der Waals surface area contributed by atoms with E-state index in [4.69, 9.17) is 0 Å². The largest absolute Gasteiger partial charge is 0.493 e. The molecule has 1 aliphatic heterocycles. The van der Waals surface area contributed by atoms with Gasteiger partial charge < -0.3 is 10.4 Å². The highest BCUT2D eigenvalue weighted by Gasteiger charge is 2.26. The Bertz CT molecular complexity index is 1660. The fourth-order valence-electron chi connectivity index (χ4n) is 3.91. The second-order valence-electron chi connectivity index (χ2n) is 7.53. The molecule has 10 heteroatoms. The highest BCUT2D eigenvalue weighted by Crippen LogP contribution is 2.28. The average molecular weight is 462 g/mol. The summed E-state index contributed by atoms with van der Waals surface area (Å²) in [5.41, 5.74) is 1.60. The van der Waals surface area contributed by atoms with Gasteiger partial charge in [-0.3, -0.25) is 23.6 Å². The van der Waals surface area contributed by atoms with Crippen LogP contribution in [-0.4, -0.2) is 24.9 Å². The van der Waals surface area contributed by atoms with Gasteiger partial charge in [-0.05, 0) is 25.1 Å². The van der Waals surface area contributed by atoms with Crippen LogP contribution in [0, 0.1) is 6.92 Å². The van der Waals surface area contributed by atoms with Crippen LogP contribution in [0.4, 0.5) is 5.69 Å². The topological polar surface area (TPSA) is 111 Å². The summed E-state index contributed by atoms with van der Waals surface area (Å²) in [6.45, 7) is 1.65. The molecule has 0 spiro atoms. The van der Waals surface area contributed by atoms with Crippen molar-refractivity contribution in [2.24, 2.45) is 12.0 Å². The van der Waals surface area contributed by atoms with Crippen molar-refractivity contribution in [1.29, 1.82) is 0 Å². The number of rotatable bonds is 5. The van der Waals surface area contributed by atoms with Gasteiger partial charge in [-0.15, -0.1) is 0 Å². The highest BCUT2D eigenvalue weighted by molar-refractivity contribution is 7.11. The van der Waals surface area contributed by atoms with Gasteiger partial charge in [-0.25, -0.2) is 9.67 Å². The molecule has 166 valence electrons. The minimum absolute atomic E-state index is 0.143. The molecule has 3 heterocycles. The van der Waals surface area contributed by atoms with Crippen LogP contribution < -0.4 is 26.3 Å². The average Bonchev–Trinajstić information content (AvgIpc) is 3.36. The number of anilines is 1.